The van der Waals surface area contributed by atoms with Crippen molar-refractivity contribution in [1.29, 1.82) is 0 Å². The molecule has 1 aromatic heterocycles. The number of aromatic amines is 1. The molecule has 2 aromatic carbocycles. The van der Waals surface area contributed by atoms with E-state index in [0.717, 1.165) is 28.0 Å². The van der Waals surface area contributed by atoms with Gasteiger partial charge >= 0.3 is 0 Å². The van der Waals surface area contributed by atoms with Crippen LogP contribution in [0.5, 0.6) is 0 Å². The molecule has 5 heteroatoms. The molecular formula is C20H23N3O2. The predicted molar refractivity (Wildman–Crippen MR) is 98.0 cm³/mol. The Kier molecular flexibility index (Phi) is 5.80. The number of amides is 1. The molecule has 5 nitrogen and oxygen atoms in total. The maximum atomic E-state index is 12.1. The Morgan fingerprint density at radius 3 is 2.68 bits per heavy atom. The fourth-order valence-electron chi connectivity index (χ4n) is 2.72. The SMILES string of the molecule is CCOCc1ccccc1CNC(=O)CCc1nc2ccccc2[nH]1. The lowest BCUT2D eigenvalue weighted by Gasteiger charge is -2.10. The summed E-state index contributed by atoms with van der Waals surface area (Å²) in [7, 11) is 0. The zero-order valence-corrected chi connectivity index (χ0v) is 14.4. The number of H-pyrrole nitrogens is 1. The Morgan fingerprint density at radius 1 is 1.12 bits per heavy atom. The summed E-state index contributed by atoms with van der Waals surface area (Å²) < 4.78 is 5.48. The van der Waals surface area contributed by atoms with Crippen molar-refractivity contribution < 1.29 is 9.53 Å². The van der Waals surface area contributed by atoms with Gasteiger partial charge in [0, 0.05) is 26.0 Å². The first kappa shape index (κ1) is 17.2. The van der Waals surface area contributed by atoms with E-state index >= 15 is 0 Å². The summed E-state index contributed by atoms with van der Waals surface area (Å²) in [5, 5.41) is 2.98. The van der Waals surface area contributed by atoms with Gasteiger partial charge in [0.15, 0.2) is 0 Å². The smallest absolute Gasteiger partial charge is 0.220 e. The summed E-state index contributed by atoms with van der Waals surface area (Å²) in [4.78, 5) is 19.9. The quantitative estimate of drug-likeness (QED) is 0.662. The third kappa shape index (κ3) is 4.67. The molecule has 3 rings (SSSR count). The second-order valence-corrected chi connectivity index (χ2v) is 5.88. The minimum Gasteiger partial charge on any atom is -0.377 e. The molecule has 3 aromatic rings. The Balaban J connectivity index is 1.51. The largest absolute Gasteiger partial charge is 0.377 e. The molecule has 0 radical (unpaired) electrons. The molecule has 0 atom stereocenters. The van der Waals surface area contributed by atoms with Crippen LogP contribution in [0.25, 0.3) is 11.0 Å². The molecule has 1 amide bonds. The van der Waals surface area contributed by atoms with Crippen molar-refractivity contribution >= 4 is 16.9 Å². The number of hydrogen-bond acceptors (Lipinski definition) is 3. The number of carbonyl (C=O) groups excluding carboxylic acids is 1. The van der Waals surface area contributed by atoms with Crippen molar-refractivity contribution in [2.24, 2.45) is 0 Å². The highest BCUT2D eigenvalue weighted by Crippen LogP contribution is 2.12. The Hall–Kier alpha value is -2.66. The average molecular weight is 337 g/mol. The number of carbonyl (C=O) groups is 1. The predicted octanol–water partition coefficient (Wildman–Crippen LogP) is 3.35. The minimum atomic E-state index is 0.0201. The monoisotopic (exact) mass is 337 g/mol. The Morgan fingerprint density at radius 2 is 1.88 bits per heavy atom. The fourth-order valence-corrected chi connectivity index (χ4v) is 2.72. The zero-order valence-electron chi connectivity index (χ0n) is 14.4. The van der Waals surface area contributed by atoms with Crippen molar-refractivity contribution in [2.75, 3.05) is 6.61 Å². The van der Waals surface area contributed by atoms with Crippen molar-refractivity contribution in [1.82, 2.24) is 15.3 Å². The highest BCUT2D eigenvalue weighted by molar-refractivity contribution is 5.77. The molecule has 0 aliphatic heterocycles. The van der Waals surface area contributed by atoms with Crippen molar-refractivity contribution in [2.45, 2.75) is 32.9 Å². The molecule has 0 aliphatic carbocycles. The van der Waals surface area contributed by atoms with Gasteiger partial charge in [-0.05, 0) is 30.2 Å². The number of nitrogens with zero attached hydrogens (tertiary/aromatic N) is 1. The highest BCUT2D eigenvalue weighted by Gasteiger charge is 2.08. The molecule has 2 N–H and O–H groups in total. The van der Waals surface area contributed by atoms with Crippen LogP contribution in [-0.2, 0) is 29.1 Å². The maximum Gasteiger partial charge on any atom is 0.220 e. The lowest BCUT2D eigenvalue weighted by molar-refractivity contribution is -0.121. The summed E-state index contributed by atoms with van der Waals surface area (Å²) in [5.74, 6) is 0.861. The van der Waals surface area contributed by atoms with Gasteiger partial charge in [-0.1, -0.05) is 36.4 Å². The number of fused-ring (bicyclic) bond motifs is 1. The van der Waals surface area contributed by atoms with Gasteiger partial charge in [0.25, 0.3) is 0 Å². The number of hydrogen-bond donors (Lipinski definition) is 2. The standard InChI is InChI=1S/C20H23N3O2/c1-2-25-14-16-8-4-3-7-15(16)13-21-20(24)12-11-19-22-17-9-5-6-10-18(17)23-19/h3-10H,2,11-14H2,1H3,(H,21,24)(H,22,23). The number of imidazole rings is 1. The lowest BCUT2D eigenvalue weighted by Crippen LogP contribution is -2.23. The molecule has 25 heavy (non-hydrogen) atoms. The second-order valence-electron chi connectivity index (χ2n) is 5.88. The number of aromatic nitrogens is 2. The Bertz CT molecular complexity index is 809. The van der Waals surface area contributed by atoms with Gasteiger partial charge in [-0.3, -0.25) is 4.79 Å². The molecule has 0 bridgehead atoms. The first-order valence-corrected chi connectivity index (χ1v) is 8.61. The molecule has 1 heterocycles. The summed E-state index contributed by atoms with van der Waals surface area (Å²) in [6, 6.07) is 15.9. The summed E-state index contributed by atoms with van der Waals surface area (Å²) >= 11 is 0. The van der Waals surface area contributed by atoms with Crippen molar-refractivity contribution in [3.05, 3.63) is 65.5 Å². The van der Waals surface area contributed by atoms with E-state index < -0.39 is 0 Å². The molecule has 0 saturated carbocycles. The van der Waals surface area contributed by atoms with E-state index in [0.29, 0.717) is 32.6 Å². The van der Waals surface area contributed by atoms with Crippen LogP contribution >= 0.6 is 0 Å². The molecule has 130 valence electrons. The van der Waals surface area contributed by atoms with E-state index in [1.165, 1.54) is 0 Å². The van der Waals surface area contributed by atoms with Crippen LogP contribution in [0.4, 0.5) is 0 Å². The summed E-state index contributed by atoms with van der Waals surface area (Å²) in [5.41, 5.74) is 4.14. The molecule has 0 fully saturated rings. The zero-order chi connectivity index (χ0) is 17.5. The van der Waals surface area contributed by atoms with E-state index in [4.69, 9.17) is 4.74 Å². The van der Waals surface area contributed by atoms with E-state index in [1.807, 2.05) is 55.5 Å². The first-order chi connectivity index (χ1) is 12.3. The van der Waals surface area contributed by atoms with E-state index in [1.54, 1.807) is 0 Å². The van der Waals surface area contributed by atoms with E-state index in [9.17, 15) is 4.79 Å². The van der Waals surface area contributed by atoms with E-state index in [-0.39, 0.29) is 5.91 Å². The van der Waals surface area contributed by atoms with Gasteiger partial charge in [0.05, 0.1) is 17.6 Å². The third-order valence-electron chi connectivity index (χ3n) is 4.08. The molecular weight excluding hydrogens is 314 g/mol. The first-order valence-electron chi connectivity index (χ1n) is 8.61. The third-order valence-corrected chi connectivity index (χ3v) is 4.08. The molecule has 0 spiro atoms. The summed E-state index contributed by atoms with van der Waals surface area (Å²) in [6.45, 7) is 3.74. The number of ether oxygens (including phenoxy) is 1. The number of para-hydroxylation sites is 2. The van der Waals surface area contributed by atoms with Gasteiger partial charge in [-0.2, -0.15) is 0 Å². The van der Waals surface area contributed by atoms with Crippen LogP contribution in [0, 0.1) is 0 Å². The normalized spacial score (nSPS) is 10.9. The van der Waals surface area contributed by atoms with Crippen LogP contribution in [0.15, 0.2) is 48.5 Å². The maximum absolute atomic E-state index is 12.1. The fraction of sp³-hybridized carbons (Fsp3) is 0.300. The van der Waals surface area contributed by atoms with Crippen LogP contribution in [0.1, 0.15) is 30.3 Å². The van der Waals surface area contributed by atoms with Gasteiger partial charge in [-0.25, -0.2) is 4.98 Å². The van der Waals surface area contributed by atoms with Gasteiger partial charge in [0.1, 0.15) is 5.82 Å². The number of aryl methyl sites for hydroxylation is 1. The summed E-state index contributed by atoms with van der Waals surface area (Å²) in [6.07, 6.45) is 1.01. The highest BCUT2D eigenvalue weighted by atomic mass is 16.5. The van der Waals surface area contributed by atoms with Crippen molar-refractivity contribution in [3.8, 4) is 0 Å². The van der Waals surface area contributed by atoms with Crippen molar-refractivity contribution in [3.63, 3.8) is 0 Å². The van der Waals surface area contributed by atoms with Crippen LogP contribution in [-0.4, -0.2) is 22.5 Å². The van der Waals surface area contributed by atoms with Crippen LogP contribution < -0.4 is 5.32 Å². The van der Waals surface area contributed by atoms with Crippen LogP contribution in [0.3, 0.4) is 0 Å². The van der Waals surface area contributed by atoms with Gasteiger partial charge in [0.2, 0.25) is 5.91 Å². The number of nitrogens with one attached hydrogen (secondary N) is 2. The topological polar surface area (TPSA) is 67.0 Å². The second kappa shape index (κ2) is 8.44. The number of benzene rings is 2. The van der Waals surface area contributed by atoms with Crippen LogP contribution in [0.2, 0.25) is 0 Å². The average Bonchev–Trinajstić information content (AvgIpc) is 3.06. The van der Waals surface area contributed by atoms with E-state index in [2.05, 4.69) is 15.3 Å². The Labute approximate surface area is 147 Å². The lowest BCUT2D eigenvalue weighted by atomic mass is 10.1. The molecule has 0 unspecified atom stereocenters. The molecule has 0 aliphatic rings. The molecule has 0 saturated heterocycles. The van der Waals surface area contributed by atoms with Gasteiger partial charge < -0.3 is 15.0 Å². The van der Waals surface area contributed by atoms with Gasteiger partial charge in [-0.15, -0.1) is 0 Å². The minimum absolute atomic E-state index is 0.0201. The number of rotatable bonds is 8.